The van der Waals surface area contributed by atoms with Gasteiger partial charge in [0.2, 0.25) is 0 Å². The SMILES string of the molecule is CC(C)(C)OC(=O)N1CCC(=O)C(C(=O)C2CCOC2)C1. The zero-order chi connectivity index (χ0) is 15.6. The summed E-state index contributed by atoms with van der Waals surface area (Å²) in [7, 11) is 0. The first-order valence-corrected chi connectivity index (χ1v) is 7.40. The minimum Gasteiger partial charge on any atom is -0.444 e. The third-order valence-electron chi connectivity index (χ3n) is 3.75. The molecule has 118 valence electrons. The van der Waals surface area contributed by atoms with E-state index in [0.717, 1.165) is 0 Å². The van der Waals surface area contributed by atoms with Crippen LogP contribution in [-0.4, -0.2) is 54.5 Å². The average molecular weight is 297 g/mol. The Hall–Kier alpha value is -1.43. The summed E-state index contributed by atoms with van der Waals surface area (Å²) in [6.45, 7) is 6.76. The fourth-order valence-corrected chi connectivity index (χ4v) is 2.62. The van der Waals surface area contributed by atoms with Gasteiger partial charge in [-0.3, -0.25) is 9.59 Å². The summed E-state index contributed by atoms with van der Waals surface area (Å²) >= 11 is 0. The van der Waals surface area contributed by atoms with Crippen LogP contribution in [0.25, 0.3) is 0 Å². The molecule has 2 atom stereocenters. The summed E-state index contributed by atoms with van der Waals surface area (Å²) in [5.41, 5.74) is -0.586. The molecule has 2 aliphatic rings. The van der Waals surface area contributed by atoms with Crippen molar-refractivity contribution in [1.82, 2.24) is 4.90 Å². The first-order valence-electron chi connectivity index (χ1n) is 7.40. The standard InChI is InChI=1S/C15H23NO5/c1-15(2,3)21-14(19)16-6-4-12(17)11(8-16)13(18)10-5-7-20-9-10/h10-11H,4-9H2,1-3H3. The molecule has 2 saturated heterocycles. The Bertz CT molecular complexity index is 434. The van der Waals surface area contributed by atoms with E-state index in [1.165, 1.54) is 4.90 Å². The van der Waals surface area contributed by atoms with Crippen LogP contribution in [0.4, 0.5) is 4.79 Å². The largest absolute Gasteiger partial charge is 0.444 e. The van der Waals surface area contributed by atoms with Gasteiger partial charge < -0.3 is 14.4 Å². The molecule has 2 fully saturated rings. The van der Waals surface area contributed by atoms with Gasteiger partial charge in [0.1, 0.15) is 11.4 Å². The summed E-state index contributed by atoms with van der Waals surface area (Å²) in [6.07, 6.45) is 0.411. The fraction of sp³-hybridized carbons (Fsp3) is 0.800. The number of rotatable bonds is 2. The van der Waals surface area contributed by atoms with Gasteiger partial charge in [-0.2, -0.15) is 0 Å². The Morgan fingerprint density at radius 1 is 1.33 bits per heavy atom. The Labute approximate surface area is 124 Å². The molecule has 21 heavy (non-hydrogen) atoms. The van der Waals surface area contributed by atoms with Gasteiger partial charge in [0.25, 0.3) is 0 Å². The molecule has 0 saturated carbocycles. The summed E-state index contributed by atoms with van der Waals surface area (Å²) in [5.74, 6) is -1.10. The van der Waals surface area contributed by atoms with Crippen molar-refractivity contribution in [2.24, 2.45) is 11.8 Å². The van der Waals surface area contributed by atoms with Gasteiger partial charge in [-0.25, -0.2) is 4.79 Å². The molecule has 0 aromatic carbocycles. The van der Waals surface area contributed by atoms with Gasteiger partial charge in [-0.15, -0.1) is 0 Å². The van der Waals surface area contributed by atoms with Crippen LogP contribution in [0.1, 0.15) is 33.6 Å². The highest BCUT2D eigenvalue weighted by molar-refractivity contribution is 6.04. The Kier molecular flexibility index (Phi) is 4.66. The van der Waals surface area contributed by atoms with E-state index in [9.17, 15) is 14.4 Å². The monoisotopic (exact) mass is 297 g/mol. The molecule has 0 N–H and O–H groups in total. The smallest absolute Gasteiger partial charge is 0.410 e. The molecule has 0 radical (unpaired) electrons. The van der Waals surface area contributed by atoms with Crippen LogP contribution in [0.2, 0.25) is 0 Å². The molecule has 0 bridgehead atoms. The lowest BCUT2D eigenvalue weighted by Crippen LogP contribution is -2.49. The Morgan fingerprint density at radius 2 is 2.05 bits per heavy atom. The van der Waals surface area contributed by atoms with Crippen molar-refractivity contribution >= 4 is 17.7 Å². The highest BCUT2D eigenvalue weighted by Gasteiger charge is 2.39. The minimum atomic E-state index is -0.724. The summed E-state index contributed by atoms with van der Waals surface area (Å²) in [6, 6.07) is 0. The van der Waals surface area contributed by atoms with Crippen molar-refractivity contribution in [1.29, 1.82) is 0 Å². The number of nitrogens with zero attached hydrogens (tertiary/aromatic N) is 1. The van der Waals surface area contributed by atoms with Crippen LogP contribution >= 0.6 is 0 Å². The molecule has 2 heterocycles. The second-order valence-corrected chi connectivity index (χ2v) is 6.66. The highest BCUT2D eigenvalue weighted by atomic mass is 16.6. The van der Waals surface area contributed by atoms with Crippen LogP contribution in [0.3, 0.4) is 0 Å². The molecule has 0 spiro atoms. The van der Waals surface area contributed by atoms with E-state index in [-0.39, 0.29) is 30.4 Å². The lowest BCUT2D eigenvalue weighted by atomic mass is 9.85. The molecule has 2 rings (SSSR count). The number of ketones is 2. The predicted octanol–water partition coefficient (Wildman–Crippen LogP) is 1.42. The molecular weight excluding hydrogens is 274 g/mol. The average Bonchev–Trinajstić information content (AvgIpc) is 2.90. The number of piperidine rings is 1. The quantitative estimate of drug-likeness (QED) is 0.721. The van der Waals surface area contributed by atoms with Crippen molar-refractivity contribution < 1.29 is 23.9 Å². The summed E-state index contributed by atoms with van der Waals surface area (Å²) in [5, 5.41) is 0. The van der Waals surface area contributed by atoms with Crippen LogP contribution in [0.5, 0.6) is 0 Å². The van der Waals surface area contributed by atoms with Gasteiger partial charge in [0.15, 0.2) is 5.78 Å². The molecular formula is C15H23NO5. The molecule has 2 unspecified atom stereocenters. The van der Waals surface area contributed by atoms with Crippen molar-refractivity contribution in [3.05, 3.63) is 0 Å². The molecule has 0 aromatic rings. The highest BCUT2D eigenvalue weighted by Crippen LogP contribution is 2.23. The van der Waals surface area contributed by atoms with Gasteiger partial charge in [-0.05, 0) is 27.2 Å². The fourth-order valence-electron chi connectivity index (χ4n) is 2.62. The third-order valence-corrected chi connectivity index (χ3v) is 3.75. The maximum atomic E-state index is 12.4. The minimum absolute atomic E-state index is 0.0771. The predicted molar refractivity (Wildman–Crippen MR) is 74.9 cm³/mol. The third kappa shape index (κ3) is 4.03. The van der Waals surface area contributed by atoms with Crippen molar-refractivity contribution in [3.8, 4) is 0 Å². The van der Waals surface area contributed by atoms with Crippen LogP contribution in [-0.2, 0) is 19.1 Å². The molecule has 0 aliphatic carbocycles. The Morgan fingerprint density at radius 3 is 2.62 bits per heavy atom. The topological polar surface area (TPSA) is 72.9 Å². The maximum absolute atomic E-state index is 12.4. The first-order chi connectivity index (χ1) is 9.78. The molecule has 2 aliphatic heterocycles. The molecule has 0 aromatic heterocycles. The normalized spacial score (nSPS) is 26.8. The van der Waals surface area contributed by atoms with Gasteiger partial charge in [0, 0.05) is 32.0 Å². The summed E-state index contributed by atoms with van der Waals surface area (Å²) < 4.78 is 10.5. The zero-order valence-electron chi connectivity index (χ0n) is 12.9. The molecule has 6 heteroatoms. The van der Waals surface area contributed by atoms with E-state index in [1.807, 2.05) is 0 Å². The maximum Gasteiger partial charge on any atom is 0.410 e. The van der Waals surface area contributed by atoms with Crippen molar-refractivity contribution in [2.75, 3.05) is 26.3 Å². The number of ether oxygens (including phenoxy) is 2. The van der Waals surface area contributed by atoms with Crippen LogP contribution in [0.15, 0.2) is 0 Å². The first kappa shape index (κ1) is 15.9. The lowest BCUT2D eigenvalue weighted by molar-refractivity contribution is -0.137. The second-order valence-electron chi connectivity index (χ2n) is 6.66. The van der Waals surface area contributed by atoms with Gasteiger partial charge >= 0.3 is 6.09 Å². The van der Waals surface area contributed by atoms with E-state index in [2.05, 4.69) is 0 Å². The van der Waals surface area contributed by atoms with E-state index in [4.69, 9.17) is 9.47 Å². The van der Waals surface area contributed by atoms with E-state index in [1.54, 1.807) is 20.8 Å². The zero-order valence-corrected chi connectivity index (χ0v) is 12.9. The molecule has 6 nitrogen and oxygen atoms in total. The second kappa shape index (κ2) is 6.13. The number of carbonyl (C=O) groups is 3. The van der Waals surface area contributed by atoms with E-state index in [0.29, 0.717) is 26.2 Å². The number of likely N-dealkylation sites (tertiary alicyclic amines) is 1. The van der Waals surface area contributed by atoms with E-state index >= 15 is 0 Å². The summed E-state index contributed by atoms with van der Waals surface area (Å²) in [4.78, 5) is 37.9. The Balaban J connectivity index is 2.00. The van der Waals surface area contributed by atoms with Crippen LogP contribution < -0.4 is 0 Å². The van der Waals surface area contributed by atoms with Gasteiger partial charge in [-0.1, -0.05) is 0 Å². The number of hydrogen-bond donors (Lipinski definition) is 0. The van der Waals surface area contributed by atoms with Crippen molar-refractivity contribution in [2.45, 2.75) is 39.2 Å². The van der Waals surface area contributed by atoms with E-state index < -0.39 is 17.6 Å². The van der Waals surface area contributed by atoms with Crippen molar-refractivity contribution in [3.63, 3.8) is 0 Å². The number of amides is 1. The number of hydrogen-bond acceptors (Lipinski definition) is 5. The van der Waals surface area contributed by atoms with Crippen LogP contribution in [0, 0.1) is 11.8 Å². The number of Topliss-reactive ketones (excluding diaryl/α,β-unsaturated/α-hetero) is 2. The molecule has 1 amide bonds. The van der Waals surface area contributed by atoms with Gasteiger partial charge in [0.05, 0.1) is 12.5 Å². The number of carbonyl (C=O) groups excluding carboxylic acids is 3. The lowest BCUT2D eigenvalue weighted by Gasteiger charge is -2.33.